The minimum absolute atomic E-state index is 0.258. The summed E-state index contributed by atoms with van der Waals surface area (Å²) in [6.07, 6.45) is -4.39. The van der Waals surface area contributed by atoms with Crippen molar-refractivity contribution < 1.29 is 27.4 Å². The van der Waals surface area contributed by atoms with Gasteiger partial charge >= 0.3 is 12.1 Å². The third-order valence-electron chi connectivity index (χ3n) is 7.41. The summed E-state index contributed by atoms with van der Waals surface area (Å²) in [4.78, 5) is 20.9. The zero-order chi connectivity index (χ0) is 30.6. The number of alkyl halides is 3. The van der Waals surface area contributed by atoms with E-state index in [9.17, 15) is 18.0 Å². The highest BCUT2D eigenvalue weighted by atomic mass is 35.5. The molecule has 2 heterocycles. The molecular formula is C31H32Cl2F3N3O3S. The van der Waals surface area contributed by atoms with Gasteiger partial charge in [-0.05, 0) is 68.4 Å². The molecule has 12 heteroatoms. The molecule has 1 fully saturated rings. The molecule has 2 aliphatic rings. The van der Waals surface area contributed by atoms with Gasteiger partial charge in [0.05, 0.1) is 16.9 Å². The van der Waals surface area contributed by atoms with E-state index in [0.29, 0.717) is 34.6 Å². The Labute approximate surface area is 263 Å². The van der Waals surface area contributed by atoms with Crippen LogP contribution in [0.2, 0.25) is 10.0 Å². The van der Waals surface area contributed by atoms with Gasteiger partial charge in [0.2, 0.25) is 0 Å². The van der Waals surface area contributed by atoms with Crippen LogP contribution in [0.25, 0.3) is 0 Å². The SMILES string of the molecule is CC(Oc1cc(Cl)cc(Cl)c1)C(=O)OCCN1CCN(CCCN2c3ccccc3Sc3ccc(C(F)(F)F)cc32)CC1. The van der Waals surface area contributed by atoms with Crippen molar-refractivity contribution in [2.75, 3.05) is 57.3 Å². The summed E-state index contributed by atoms with van der Waals surface area (Å²) >= 11 is 13.5. The van der Waals surface area contributed by atoms with Crippen molar-refractivity contribution in [3.63, 3.8) is 0 Å². The lowest BCUT2D eigenvalue weighted by Gasteiger charge is -2.36. The molecule has 1 unspecified atom stereocenters. The van der Waals surface area contributed by atoms with Crippen molar-refractivity contribution in [1.82, 2.24) is 9.80 Å². The highest BCUT2D eigenvalue weighted by molar-refractivity contribution is 7.99. The normalized spacial score (nSPS) is 16.4. The minimum Gasteiger partial charge on any atom is -0.479 e. The van der Waals surface area contributed by atoms with Gasteiger partial charge in [-0.2, -0.15) is 13.2 Å². The number of ether oxygens (including phenoxy) is 2. The maximum Gasteiger partial charge on any atom is 0.416 e. The average Bonchev–Trinajstić information content (AvgIpc) is 2.96. The molecule has 0 aromatic heterocycles. The topological polar surface area (TPSA) is 45.3 Å². The Morgan fingerprint density at radius 3 is 2.23 bits per heavy atom. The van der Waals surface area contributed by atoms with Gasteiger partial charge in [0.25, 0.3) is 0 Å². The summed E-state index contributed by atoms with van der Waals surface area (Å²) in [7, 11) is 0. The van der Waals surface area contributed by atoms with Crippen LogP contribution in [-0.2, 0) is 15.7 Å². The van der Waals surface area contributed by atoms with Crippen LogP contribution in [0.1, 0.15) is 18.9 Å². The number of carbonyl (C=O) groups excluding carboxylic acids is 1. The highest BCUT2D eigenvalue weighted by Gasteiger charge is 2.33. The molecule has 1 atom stereocenters. The second kappa shape index (κ2) is 14.0. The molecule has 0 N–H and O–H groups in total. The molecule has 0 saturated carbocycles. The molecule has 1 saturated heterocycles. The van der Waals surface area contributed by atoms with Crippen LogP contribution < -0.4 is 9.64 Å². The lowest BCUT2D eigenvalue weighted by Crippen LogP contribution is -2.48. The fourth-order valence-electron chi connectivity index (χ4n) is 5.18. The summed E-state index contributed by atoms with van der Waals surface area (Å²) in [6, 6.07) is 16.6. The average molecular weight is 655 g/mol. The van der Waals surface area contributed by atoms with E-state index in [1.807, 2.05) is 29.2 Å². The zero-order valence-electron chi connectivity index (χ0n) is 23.6. The van der Waals surface area contributed by atoms with Crippen LogP contribution >= 0.6 is 35.0 Å². The molecule has 6 nitrogen and oxygen atoms in total. The van der Waals surface area contributed by atoms with Crippen LogP contribution in [0.3, 0.4) is 0 Å². The van der Waals surface area contributed by atoms with Gasteiger partial charge in [-0.1, -0.05) is 47.1 Å². The fourth-order valence-corrected chi connectivity index (χ4v) is 6.76. The van der Waals surface area contributed by atoms with E-state index in [1.165, 1.54) is 17.8 Å². The summed E-state index contributed by atoms with van der Waals surface area (Å²) in [5.41, 5.74) is 0.912. The first-order valence-electron chi connectivity index (χ1n) is 14.1. The smallest absolute Gasteiger partial charge is 0.416 e. The molecule has 3 aromatic carbocycles. The van der Waals surface area contributed by atoms with Crippen molar-refractivity contribution in [1.29, 1.82) is 0 Å². The van der Waals surface area contributed by atoms with Gasteiger partial charge in [0.1, 0.15) is 12.4 Å². The number of halogens is 5. The maximum atomic E-state index is 13.5. The molecule has 230 valence electrons. The van der Waals surface area contributed by atoms with E-state index in [4.69, 9.17) is 32.7 Å². The number of anilines is 2. The van der Waals surface area contributed by atoms with Gasteiger partial charge < -0.3 is 19.3 Å². The molecule has 0 bridgehead atoms. The van der Waals surface area contributed by atoms with Crippen LogP contribution in [0.5, 0.6) is 5.75 Å². The maximum absolute atomic E-state index is 13.5. The molecule has 2 aliphatic heterocycles. The number of hydrogen-bond acceptors (Lipinski definition) is 7. The highest BCUT2D eigenvalue weighted by Crippen LogP contribution is 2.49. The Morgan fingerprint density at radius 2 is 1.53 bits per heavy atom. The number of piperazine rings is 1. The summed E-state index contributed by atoms with van der Waals surface area (Å²) in [5.74, 6) is -0.0620. The van der Waals surface area contributed by atoms with Crippen LogP contribution in [0.4, 0.5) is 24.5 Å². The van der Waals surface area contributed by atoms with E-state index in [0.717, 1.165) is 60.7 Å². The first-order chi connectivity index (χ1) is 20.6. The van der Waals surface area contributed by atoms with E-state index in [1.54, 1.807) is 31.2 Å². The molecule has 5 rings (SSSR count). The lowest BCUT2D eigenvalue weighted by molar-refractivity contribution is -0.151. The first-order valence-corrected chi connectivity index (χ1v) is 15.6. The lowest BCUT2D eigenvalue weighted by atomic mass is 10.1. The Hall–Kier alpha value is -2.63. The molecule has 0 aliphatic carbocycles. The Kier molecular flexibility index (Phi) is 10.3. The van der Waals surface area contributed by atoms with Crippen molar-refractivity contribution >= 4 is 52.3 Å². The monoisotopic (exact) mass is 653 g/mol. The number of nitrogens with zero attached hydrogens (tertiary/aromatic N) is 3. The Morgan fingerprint density at radius 1 is 0.884 bits per heavy atom. The largest absolute Gasteiger partial charge is 0.479 e. The number of benzene rings is 3. The van der Waals surface area contributed by atoms with Crippen molar-refractivity contribution in [3.8, 4) is 5.75 Å². The van der Waals surface area contributed by atoms with Crippen molar-refractivity contribution in [3.05, 3.63) is 76.3 Å². The van der Waals surface area contributed by atoms with Crippen molar-refractivity contribution in [2.24, 2.45) is 0 Å². The van der Waals surface area contributed by atoms with E-state index in [2.05, 4.69) is 9.80 Å². The zero-order valence-corrected chi connectivity index (χ0v) is 25.9. The summed E-state index contributed by atoms with van der Waals surface area (Å²) in [6.45, 7) is 7.36. The van der Waals surface area contributed by atoms with Gasteiger partial charge in [0.15, 0.2) is 6.10 Å². The quantitative estimate of drug-likeness (QED) is 0.208. The fraction of sp³-hybridized carbons (Fsp3) is 0.387. The van der Waals surface area contributed by atoms with Crippen LogP contribution in [-0.4, -0.2) is 74.3 Å². The van der Waals surface area contributed by atoms with Crippen molar-refractivity contribution in [2.45, 2.75) is 35.4 Å². The van der Waals surface area contributed by atoms with E-state index in [-0.39, 0.29) is 6.61 Å². The minimum atomic E-state index is -4.39. The Balaban J connectivity index is 1.06. The molecule has 0 amide bonds. The molecule has 0 spiro atoms. The van der Waals surface area contributed by atoms with Gasteiger partial charge in [0, 0.05) is 59.1 Å². The predicted molar refractivity (Wildman–Crippen MR) is 164 cm³/mol. The number of rotatable bonds is 10. The second-order valence-electron chi connectivity index (χ2n) is 10.5. The number of esters is 1. The van der Waals surface area contributed by atoms with Gasteiger partial charge in [-0.25, -0.2) is 4.79 Å². The predicted octanol–water partition coefficient (Wildman–Crippen LogP) is 7.63. The van der Waals surface area contributed by atoms with E-state index < -0.39 is 23.8 Å². The van der Waals surface area contributed by atoms with Crippen LogP contribution in [0, 0.1) is 0 Å². The third kappa shape index (κ3) is 8.30. The Bertz CT molecular complexity index is 1420. The van der Waals surface area contributed by atoms with Gasteiger partial charge in [-0.3, -0.25) is 4.90 Å². The summed E-state index contributed by atoms with van der Waals surface area (Å²) in [5, 5.41) is 0.839. The number of carbonyl (C=O) groups is 1. The molecular weight excluding hydrogens is 622 g/mol. The first kappa shape index (κ1) is 31.8. The third-order valence-corrected chi connectivity index (χ3v) is 8.97. The van der Waals surface area contributed by atoms with E-state index >= 15 is 0 Å². The van der Waals surface area contributed by atoms with Crippen LogP contribution in [0.15, 0.2) is 70.5 Å². The second-order valence-corrected chi connectivity index (χ2v) is 12.4. The standard InChI is InChI=1S/C31H32Cl2F3N3O3S/c1-21(42-25-19-23(32)18-24(33)20-25)30(40)41-16-15-38-13-11-37(12-14-38)9-4-10-39-26-5-2-3-6-28(26)43-29-8-7-22(17-27(29)39)31(34,35)36/h2-3,5-8,17-21H,4,9-16H2,1H3. The molecule has 43 heavy (non-hydrogen) atoms. The number of para-hydroxylation sites is 1. The number of hydrogen-bond donors (Lipinski definition) is 0. The summed E-state index contributed by atoms with van der Waals surface area (Å²) < 4.78 is 51.5. The molecule has 3 aromatic rings. The number of fused-ring (bicyclic) bond motifs is 2. The molecule has 0 radical (unpaired) electrons. The van der Waals surface area contributed by atoms with Gasteiger partial charge in [-0.15, -0.1) is 0 Å².